The molecular weight excluding hydrogens is 246 g/mol. The first-order chi connectivity index (χ1) is 5.65. The Hall–Kier alpha value is -0.0900. The lowest BCUT2D eigenvalue weighted by atomic mass is 10.3. The first kappa shape index (κ1) is 9.99. The zero-order valence-electron chi connectivity index (χ0n) is 6.40. The Bertz CT molecular complexity index is 289. The van der Waals surface area contributed by atoms with Crippen LogP contribution in [-0.4, -0.2) is 5.75 Å². The molecule has 1 aromatic rings. The molecule has 12 heavy (non-hydrogen) atoms. The van der Waals surface area contributed by atoms with Crippen LogP contribution in [0.15, 0.2) is 21.5 Å². The summed E-state index contributed by atoms with van der Waals surface area (Å²) < 4.78 is 26.0. The van der Waals surface area contributed by atoms with Crippen LogP contribution in [0.2, 0.25) is 0 Å². The molecule has 1 rings (SSSR count). The molecule has 0 radical (unpaired) electrons. The van der Waals surface area contributed by atoms with Gasteiger partial charge in [-0.15, -0.1) is 11.8 Å². The summed E-state index contributed by atoms with van der Waals surface area (Å²) in [6.45, 7) is 1.89. The van der Waals surface area contributed by atoms with Crippen molar-refractivity contribution in [2.75, 3.05) is 5.75 Å². The number of hydrogen-bond acceptors (Lipinski definition) is 1. The lowest BCUT2D eigenvalue weighted by molar-refractivity contribution is 0.572. The first-order valence-corrected chi connectivity index (χ1v) is 5.20. The van der Waals surface area contributed by atoms with Crippen molar-refractivity contribution in [2.24, 2.45) is 0 Å². The summed E-state index contributed by atoms with van der Waals surface area (Å²) in [5.74, 6) is -0.0691. The first-order valence-electron chi connectivity index (χ1n) is 3.42. The maximum absolute atomic E-state index is 13.0. The van der Waals surface area contributed by atoms with Crippen molar-refractivity contribution in [2.45, 2.75) is 11.8 Å². The molecule has 0 aliphatic heterocycles. The van der Waals surface area contributed by atoms with Crippen LogP contribution >= 0.6 is 27.7 Å². The van der Waals surface area contributed by atoms with E-state index in [0.29, 0.717) is 4.90 Å². The standard InChI is InChI=1S/C8H7BrF2S/c1-2-12-8-4-6(10)5(9)3-7(8)11/h3-4H,2H2,1H3. The predicted molar refractivity (Wildman–Crippen MR) is 50.5 cm³/mol. The molecule has 0 aliphatic rings. The molecule has 0 unspecified atom stereocenters. The average Bonchev–Trinajstić information content (AvgIpc) is 2.01. The van der Waals surface area contributed by atoms with Gasteiger partial charge in [-0.1, -0.05) is 6.92 Å². The van der Waals surface area contributed by atoms with Crippen LogP contribution in [0.25, 0.3) is 0 Å². The number of rotatable bonds is 2. The highest BCUT2D eigenvalue weighted by Crippen LogP contribution is 2.26. The van der Waals surface area contributed by atoms with Gasteiger partial charge in [-0.25, -0.2) is 8.78 Å². The summed E-state index contributed by atoms with van der Waals surface area (Å²) in [6.07, 6.45) is 0. The van der Waals surface area contributed by atoms with E-state index < -0.39 is 5.82 Å². The van der Waals surface area contributed by atoms with Crippen molar-refractivity contribution in [1.82, 2.24) is 0 Å². The van der Waals surface area contributed by atoms with Gasteiger partial charge < -0.3 is 0 Å². The minimum absolute atomic E-state index is 0.167. The van der Waals surface area contributed by atoms with Crippen LogP contribution in [-0.2, 0) is 0 Å². The quantitative estimate of drug-likeness (QED) is 0.570. The van der Waals surface area contributed by atoms with Crippen LogP contribution in [0.3, 0.4) is 0 Å². The second-order valence-corrected chi connectivity index (χ2v) is 4.29. The highest BCUT2D eigenvalue weighted by Gasteiger charge is 2.07. The summed E-state index contributed by atoms with van der Waals surface area (Å²) in [4.78, 5) is 0.359. The molecule has 0 aliphatic carbocycles. The Morgan fingerprint density at radius 1 is 1.33 bits per heavy atom. The summed E-state index contributed by atoms with van der Waals surface area (Å²) >= 11 is 4.20. The third-order valence-corrected chi connectivity index (χ3v) is 2.79. The number of halogens is 3. The highest BCUT2D eigenvalue weighted by molar-refractivity contribution is 9.10. The third-order valence-electron chi connectivity index (χ3n) is 1.27. The van der Waals surface area contributed by atoms with E-state index in [9.17, 15) is 8.78 Å². The summed E-state index contributed by atoms with van der Waals surface area (Å²) in [5, 5.41) is 0. The topological polar surface area (TPSA) is 0 Å². The smallest absolute Gasteiger partial charge is 0.138 e. The molecule has 66 valence electrons. The maximum atomic E-state index is 13.0. The Balaban J connectivity index is 3.05. The molecule has 0 nitrogen and oxygen atoms in total. The highest BCUT2D eigenvalue weighted by atomic mass is 79.9. The fraction of sp³-hybridized carbons (Fsp3) is 0.250. The van der Waals surface area contributed by atoms with Gasteiger partial charge in [0.15, 0.2) is 0 Å². The lowest BCUT2D eigenvalue weighted by Gasteiger charge is -2.01. The van der Waals surface area contributed by atoms with Crippen LogP contribution in [0.4, 0.5) is 8.78 Å². The SMILES string of the molecule is CCSc1cc(F)c(Br)cc1F. The summed E-state index contributed by atoms with van der Waals surface area (Å²) in [6, 6.07) is 2.35. The van der Waals surface area contributed by atoms with Crippen molar-refractivity contribution in [1.29, 1.82) is 0 Å². The fourth-order valence-corrected chi connectivity index (χ4v) is 1.78. The Labute approximate surface area is 82.5 Å². The summed E-state index contributed by atoms with van der Waals surface area (Å²) in [7, 11) is 0. The molecule has 0 spiro atoms. The molecule has 0 aromatic heterocycles. The van der Waals surface area contributed by atoms with Gasteiger partial charge >= 0.3 is 0 Å². The van der Waals surface area contributed by atoms with E-state index in [0.717, 1.165) is 11.8 Å². The maximum Gasteiger partial charge on any atom is 0.138 e. The fourth-order valence-electron chi connectivity index (χ4n) is 0.770. The van der Waals surface area contributed by atoms with Gasteiger partial charge in [0.25, 0.3) is 0 Å². The number of benzene rings is 1. The average molecular weight is 253 g/mol. The zero-order valence-corrected chi connectivity index (χ0v) is 8.81. The van der Waals surface area contributed by atoms with Crippen LogP contribution in [0.1, 0.15) is 6.92 Å². The molecule has 0 saturated heterocycles. The second kappa shape index (κ2) is 4.23. The van der Waals surface area contributed by atoms with Crippen molar-refractivity contribution in [3.05, 3.63) is 28.2 Å². The lowest BCUT2D eigenvalue weighted by Crippen LogP contribution is -1.85. The van der Waals surface area contributed by atoms with Crippen LogP contribution < -0.4 is 0 Å². The number of hydrogen-bond donors (Lipinski definition) is 0. The van der Waals surface area contributed by atoms with E-state index in [2.05, 4.69) is 15.9 Å². The van der Waals surface area contributed by atoms with Gasteiger partial charge in [-0.3, -0.25) is 0 Å². The second-order valence-electron chi connectivity index (χ2n) is 2.13. The van der Waals surface area contributed by atoms with Crippen molar-refractivity contribution < 1.29 is 8.78 Å². The van der Waals surface area contributed by atoms with E-state index in [4.69, 9.17) is 0 Å². The molecule has 0 fully saturated rings. The van der Waals surface area contributed by atoms with E-state index in [1.165, 1.54) is 17.8 Å². The summed E-state index contributed by atoms with van der Waals surface area (Å²) in [5.41, 5.74) is 0. The molecule has 0 bridgehead atoms. The molecular formula is C8H7BrF2S. The minimum Gasteiger partial charge on any atom is -0.206 e. The Kier molecular flexibility index (Phi) is 3.53. The van der Waals surface area contributed by atoms with E-state index in [-0.39, 0.29) is 10.3 Å². The molecule has 0 amide bonds. The Morgan fingerprint density at radius 2 is 2.00 bits per heavy atom. The normalized spacial score (nSPS) is 10.3. The van der Waals surface area contributed by atoms with Crippen LogP contribution in [0.5, 0.6) is 0 Å². The zero-order chi connectivity index (χ0) is 9.14. The van der Waals surface area contributed by atoms with Gasteiger partial charge in [-0.05, 0) is 33.8 Å². The largest absolute Gasteiger partial charge is 0.206 e. The predicted octanol–water partition coefficient (Wildman–Crippen LogP) is 3.84. The number of thioether (sulfide) groups is 1. The van der Waals surface area contributed by atoms with Crippen LogP contribution in [0, 0.1) is 11.6 Å². The molecule has 0 heterocycles. The van der Waals surface area contributed by atoms with Gasteiger partial charge in [0, 0.05) is 4.90 Å². The minimum atomic E-state index is -0.424. The molecule has 0 saturated carbocycles. The van der Waals surface area contributed by atoms with E-state index in [1.807, 2.05) is 6.92 Å². The molecule has 0 N–H and O–H groups in total. The van der Waals surface area contributed by atoms with Gasteiger partial charge in [0.05, 0.1) is 4.47 Å². The van der Waals surface area contributed by atoms with Crippen molar-refractivity contribution >= 4 is 27.7 Å². The van der Waals surface area contributed by atoms with E-state index in [1.54, 1.807) is 0 Å². The van der Waals surface area contributed by atoms with Crippen molar-refractivity contribution in [3.63, 3.8) is 0 Å². The van der Waals surface area contributed by atoms with Crippen molar-refractivity contribution in [3.8, 4) is 0 Å². The van der Waals surface area contributed by atoms with Gasteiger partial charge in [0.2, 0.25) is 0 Å². The molecule has 4 heteroatoms. The molecule has 1 aromatic carbocycles. The monoisotopic (exact) mass is 252 g/mol. The Morgan fingerprint density at radius 3 is 2.58 bits per heavy atom. The third kappa shape index (κ3) is 2.20. The molecule has 0 atom stereocenters. The van der Waals surface area contributed by atoms with E-state index >= 15 is 0 Å². The van der Waals surface area contributed by atoms with Gasteiger partial charge in [-0.2, -0.15) is 0 Å². The van der Waals surface area contributed by atoms with Gasteiger partial charge in [0.1, 0.15) is 11.6 Å².